The van der Waals surface area contributed by atoms with E-state index < -0.39 is 17.3 Å². The average molecular weight is 606 g/mol. The fraction of sp³-hybridized carbons (Fsp3) is 0.250. The van der Waals surface area contributed by atoms with Crippen molar-refractivity contribution in [1.82, 2.24) is 4.98 Å². The second-order valence-corrected chi connectivity index (χ2v) is 12.6. The van der Waals surface area contributed by atoms with Gasteiger partial charge in [0.25, 0.3) is 0 Å². The summed E-state index contributed by atoms with van der Waals surface area (Å²) in [6.45, 7) is 6.54. The third-order valence-corrected chi connectivity index (χ3v) is 8.66. The molecule has 3 heterocycles. The fourth-order valence-electron chi connectivity index (χ4n) is 6.16. The van der Waals surface area contributed by atoms with Crippen LogP contribution in [0.1, 0.15) is 59.9 Å². The number of phenols is 2. The van der Waals surface area contributed by atoms with Crippen LogP contribution in [0.4, 0.5) is 0 Å². The Labute approximate surface area is 258 Å². The topological polar surface area (TPSA) is 128 Å². The number of fused-ring (bicyclic) bond motifs is 4. The first-order chi connectivity index (χ1) is 21.5. The van der Waals surface area contributed by atoms with E-state index in [1.165, 1.54) is 12.1 Å². The van der Waals surface area contributed by atoms with Crippen LogP contribution in [0.15, 0.2) is 69.9 Å². The van der Waals surface area contributed by atoms with Crippen LogP contribution in [0.5, 0.6) is 23.0 Å². The summed E-state index contributed by atoms with van der Waals surface area (Å²) in [5, 5.41) is 21.0. The summed E-state index contributed by atoms with van der Waals surface area (Å²) in [5.74, 6) is 0.249. The van der Waals surface area contributed by atoms with E-state index >= 15 is 0 Å². The number of nitrogens with zero attached hydrogens (tertiary/aromatic N) is 1. The zero-order valence-corrected chi connectivity index (χ0v) is 25.0. The standard InChI is InChI=1S/C36H31NO8/c1-36(2,3)22-12-20(10-19-8-9-29-31(11-19)44-18-43-29)34-25(14-22)33(23-6-4-5-7-26(23)37-34)35(41)42-17-21-13-32(40)45-30-16-28(39)27(38)15-24(21)30/h4-11,13,15-16,22,38-39H,12,14,17-18H2,1-3H3. The Hall–Kier alpha value is -5.31. The number of esters is 1. The van der Waals surface area contributed by atoms with Crippen LogP contribution < -0.4 is 15.1 Å². The van der Waals surface area contributed by atoms with Crippen LogP contribution in [0, 0.1) is 11.3 Å². The molecule has 1 unspecified atom stereocenters. The smallest absolute Gasteiger partial charge is 0.339 e. The van der Waals surface area contributed by atoms with Crippen LogP contribution in [-0.4, -0.2) is 28.0 Å². The van der Waals surface area contributed by atoms with Crippen molar-refractivity contribution in [3.8, 4) is 23.0 Å². The van der Waals surface area contributed by atoms with Crippen molar-refractivity contribution in [2.75, 3.05) is 6.79 Å². The van der Waals surface area contributed by atoms with E-state index in [1.807, 2.05) is 42.5 Å². The minimum absolute atomic E-state index is 0.0664. The minimum atomic E-state index is -0.670. The van der Waals surface area contributed by atoms with Gasteiger partial charge in [-0.2, -0.15) is 0 Å². The van der Waals surface area contributed by atoms with Gasteiger partial charge >= 0.3 is 11.6 Å². The predicted molar refractivity (Wildman–Crippen MR) is 168 cm³/mol. The number of benzene rings is 3. The molecule has 45 heavy (non-hydrogen) atoms. The summed E-state index contributed by atoms with van der Waals surface area (Å²) in [6.07, 6.45) is 3.50. The summed E-state index contributed by atoms with van der Waals surface area (Å²) in [4.78, 5) is 31.5. The number of hydrogen-bond donors (Lipinski definition) is 2. The molecule has 228 valence electrons. The van der Waals surface area contributed by atoms with Gasteiger partial charge in [0.1, 0.15) is 12.2 Å². The quantitative estimate of drug-likeness (QED) is 0.127. The van der Waals surface area contributed by atoms with Crippen molar-refractivity contribution in [3.05, 3.63) is 99.0 Å². The molecule has 0 saturated heterocycles. The lowest BCUT2D eigenvalue weighted by atomic mass is 9.69. The van der Waals surface area contributed by atoms with Crippen LogP contribution in [-0.2, 0) is 17.8 Å². The third-order valence-electron chi connectivity index (χ3n) is 8.66. The van der Waals surface area contributed by atoms with Crippen LogP contribution >= 0.6 is 0 Å². The van der Waals surface area contributed by atoms with Crippen molar-refractivity contribution < 1.29 is 33.6 Å². The number of carbonyl (C=O) groups is 1. The molecule has 2 N–H and O–H groups in total. The van der Waals surface area contributed by atoms with Gasteiger partial charge in [-0.15, -0.1) is 0 Å². The summed E-state index contributed by atoms with van der Waals surface area (Å²) in [5.41, 5.74) is 4.31. The molecule has 1 aliphatic heterocycles. The molecule has 2 aliphatic rings. The Kier molecular flexibility index (Phi) is 6.76. The summed E-state index contributed by atoms with van der Waals surface area (Å²) in [6, 6.07) is 17.0. The van der Waals surface area contributed by atoms with E-state index in [-0.39, 0.29) is 36.1 Å². The van der Waals surface area contributed by atoms with E-state index in [1.54, 1.807) is 0 Å². The zero-order chi connectivity index (χ0) is 31.5. The van der Waals surface area contributed by atoms with Crippen molar-refractivity contribution in [2.45, 2.75) is 40.2 Å². The summed E-state index contributed by atoms with van der Waals surface area (Å²) >= 11 is 0. The van der Waals surface area contributed by atoms with Crippen LogP contribution in [0.3, 0.4) is 0 Å². The van der Waals surface area contributed by atoms with Crippen molar-refractivity contribution >= 4 is 39.5 Å². The molecule has 0 amide bonds. The lowest BCUT2D eigenvalue weighted by Crippen LogP contribution is -2.28. The van der Waals surface area contributed by atoms with E-state index in [2.05, 4.69) is 26.8 Å². The maximum atomic E-state index is 14.1. The number of ether oxygens (including phenoxy) is 3. The number of aromatic nitrogens is 1. The molecular formula is C36H31NO8. The van der Waals surface area contributed by atoms with E-state index in [0.29, 0.717) is 45.3 Å². The van der Waals surface area contributed by atoms with Crippen LogP contribution in [0.25, 0.3) is 33.5 Å². The Morgan fingerprint density at radius 3 is 2.58 bits per heavy atom. The highest BCUT2D eigenvalue weighted by atomic mass is 16.7. The summed E-state index contributed by atoms with van der Waals surface area (Å²) < 4.78 is 22.2. The molecule has 0 saturated carbocycles. The van der Waals surface area contributed by atoms with Crippen molar-refractivity contribution in [2.24, 2.45) is 11.3 Å². The predicted octanol–water partition coefficient (Wildman–Crippen LogP) is 6.99. The van der Waals surface area contributed by atoms with Gasteiger partial charge < -0.3 is 28.8 Å². The van der Waals surface area contributed by atoms with Crippen molar-refractivity contribution in [1.29, 1.82) is 0 Å². The summed E-state index contributed by atoms with van der Waals surface area (Å²) in [7, 11) is 0. The molecule has 0 fully saturated rings. The first-order valence-electron chi connectivity index (χ1n) is 14.7. The number of para-hydroxylation sites is 1. The third kappa shape index (κ3) is 5.24. The Morgan fingerprint density at radius 1 is 0.978 bits per heavy atom. The largest absolute Gasteiger partial charge is 0.504 e. The number of phenolic OH excluding ortho intramolecular Hbond substituents is 2. The lowest BCUT2D eigenvalue weighted by Gasteiger charge is -2.36. The van der Waals surface area contributed by atoms with Gasteiger partial charge in [-0.05, 0) is 71.2 Å². The number of rotatable bonds is 4. The molecule has 1 atom stereocenters. The molecule has 9 heteroatoms. The first-order valence-corrected chi connectivity index (χ1v) is 14.7. The molecule has 7 rings (SSSR count). The maximum Gasteiger partial charge on any atom is 0.339 e. The van der Waals surface area contributed by atoms with Crippen LogP contribution in [0.2, 0.25) is 0 Å². The molecule has 0 bridgehead atoms. The van der Waals surface area contributed by atoms with Gasteiger partial charge in [-0.1, -0.05) is 45.0 Å². The Balaban J connectivity index is 1.34. The van der Waals surface area contributed by atoms with Gasteiger partial charge in [0.15, 0.2) is 23.0 Å². The highest BCUT2D eigenvalue weighted by molar-refractivity contribution is 6.07. The first kappa shape index (κ1) is 28.5. The molecule has 0 radical (unpaired) electrons. The number of carbonyl (C=O) groups excluding carboxylic acids is 1. The molecule has 5 aromatic rings. The fourth-order valence-corrected chi connectivity index (χ4v) is 6.16. The van der Waals surface area contributed by atoms with Gasteiger partial charge in [0.2, 0.25) is 6.79 Å². The zero-order valence-electron chi connectivity index (χ0n) is 25.0. The highest BCUT2D eigenvalue weighted by Gasteiger charge is 2.35. The van der Waals surface area contributed by atoms with E-state index in [4.69, 9.17) is 23.6 Å². The Bertz CT molecular complexity index is 2100. The second-order valence-electron chi connectivity index (χ2n) is 12.6. The van der Waals surface area contributed by atoms with Gasteiger partial charge in [-0.25, -0.2) is 14.6 Å². The number of aromatic hydroxyl groups is 2. The molecule has 1 aliphatic carbocycles. The van der Waals surface area contributed by atoms with E-state index in [9.17, 15) is 19.8 Å². The van der Waals surface area contributed by atoms with Gasteiger partial charge in [-0.3, -0.25) is 0 Å². The minimum Gasteiger partial charge on any atom is -0.504 e. The van der Waals surface area contributed by atoms with Gasteiger partial charge in [0.05, 0.1) is 16.8 Å². The Morgan fingerprint density at radius 2 is 1.76 bits per heavy atom. The molecule has 9 nitrogen and oxygen atoms in total. The average Bonchev–Trinajstić information content (AvgIpc) is 3.47. The maximum absolute atomic E-state index is 14.1. The number of pyridine rings is 1. The number of allylic oxidation sites excluding steroid dienone is 1. The molecule has 0 spiro atoms. The lowest BCUT2D eigenvalue weighted by molar-refractivity contribution is 0.0473. The number of hydrogen-bond acceptors (Lipinski definition) is 9. The van der Waals surface area contributed by atoms with E-state index in [0.717, 1.165) is 34.9 Å². The molecule has 2 aromatic heterocycles. The monoisotopic (exact) mass is 605 g/mol. The SMILES string of the molecule is CC(C)(C)C1CC(=Cc2ccc3c(c2)OCO3)c2nc3ccccc3c(C(=O)OCc3cc(=O)oc4cc(O)c(O)cc34)c2C1. The normalized spacial score (nSPS) is 16.7. The molecular weight excluding hydrogens is 574 g/mol. The van der Waals surface area contributed by atoms with Gasteiger partial charge in [0, 0.05) is 28.5 Å². The highest BCUT2D eigenvalue weighted by Crippen LogP contribution is 2.45. The molecule has 3 aromatic carbocycles. The van der Waals surface area contributed by atoms with Crippen molar-refractivity contribution in [3.63, 3.8) is 0 Å². The second kappa shape index (κ2) is 10.7.